The van der Waals surface area contributed by atoms with Gasteiger partial charge < -0.3 is 5.73 Å². The number of thiazole rings is 1. The van der Waals surface area contributed by atoms with Crippen molar-refractivity contribution in [2.45, 2.75) is 13.5 Å². The molecule has 100 valence electrons. The maximum absolute atomic E-state index is 5.69. The largest absolute Gasteiger partial charge is 0.326 e. The van der Waals surface area contributed by atoms with Crippen LogP contribution < -0.4 is 5.73 Å². The van der Waals surface area contributed by atoms with E-state index < -0.39 is 0 Å². The molecule has 0 atom stereocenters. The molecule has 0 saturated carbocycles. The van der Waals surface area contributed by atoms with Crippen molar-refractivity contribution in [1.82, 2.24) is 4.98 Å². The predicted octanol–water partition coefficient (Wildman–Crippen LogP) is 4.24. The first-order chi connectivity index (χ1) is 9.76. The topological polar surface area (TPSA) is 38.9 Å². The van der Waals surface area contributed by atoms with Crippen molar-refractivity contribution >= 4 is 11.3 Å². The van der Waals surface area contributed by atoms with Crippen molar-refractivity contribution in [3.05, 3.63) is 65.0 Å². The van der Waals surface area contributed by atoms with Gasteiger partial charge in [0.15, 0.2) is 0 Å². The third kappa shape index (κ3) is 2.64. The second-order valence-corrected chi connectivity index (χ2v) is 5.67. The number of nitrogens with two attached hydrogens (primary N) is 1. The summed E-state index contributed by atoms with van der Waals surface area (Å²) in [5.41, 5.74) is 11.4. The van der Waals surface area contributed by atoms with E-state index in [9.17, 15) is 0 Å². The summed E-state index contributed by atoms with van der Waals surface area (Å²) in [7, 11) is 0. The van der Waals surface area contributed by atoms with E-state index in [1.807, 2.05) is 12.1 Å². The van der Waals surface area contributed by atoms with Gasteiger partial charge >= 0.3 is 0 Å². The summed E-state index contributed by atoms with van der Waals surface area (Å²) in [5.74, 6) is 0. The molecule has 0 aliphatic rings. The van der Waals surface area contributed by atoms with Crippen molar-refractivity contribution < 1.29 is 0 Å². The Balaban J connectivity index is 1.95. The summed E-state index contributed by atoms with van der Waals surface area (Å²) in [6.45, 7) is 2.65. The van der Waals surface area contributed by atoms with Crippen molar-refractivity contribution in [2.75, 3.05) is 0 Å². The molecule has 3 rings (SSSR count). The Labute approximate surface area is 122 Å². The smallest absolute Gasteiger partial charge is 0.124 e. The highest BCUT2D eigenvalue weighted by atomic mass is 32.1. The van der Waals surface area contributed by atoms with Gasteiger partial charge in [-0.1, -0.05) is 48.0 Å². The molecule has 0 aliphatic heterocycles. The molecule has 1 aromatic heterocycles. The number of aryl methyl sites for hydroxylation is 1. The zero-order valence-electron chi connectivity index (χ0n) is 11.3. The molecule has 0 fully saturated rings. The van der Waals surface area contributed by atoms with Crippen LogP contribution in [0.15, 0.2) is 53.9 Å². The average Bonchev–Trinajstić information content (AvgIpc) is 2.98. The van der Waals surface area contributed by atoms with E-state index in [2.05, 4.69) is 48.7 Å². The third-order valence-electron chi connectivity index (χ3n) is 3.26. The van der Waals surface area contributed by atoms with Crippen molar-refractivity contribution in [3.8, 4) is 21.8 Å². The van der Waals surface area contributed by atoms with E-state index in [0.29, 0.717) is 6.54 Å². The molecular formula is C17H16N2S. The Kier molecular flexibility index (Phi) is 3.63. The lowest BCUT2D eigenvalue weighted by atomic mass is 10.1. The molecule has 0 unspecified atom stereocenters. The van der Waals surface area contributed by atoms with Gasteiger partial charge in [0.2, 0.25) is 0 Å². The molecule has 20 heavy (non-hydrogen) atoms. The van der Waals surface area contributed by atoms with E-state index in [4.69, 9.17) is 10.7 Å². The molecule has 2 aromatic carbocycles. The normalized spacial score (nSPS) is 10.7. The number of hydrogen-bond acceptors (Lipinski definition) is 3. The van der Waals surface area contributed by atoms with Crippen LogP contribution in [0.3, 0.4) is 0 Å². The number of hydrogen-bond donors (Lipinski definition) is 1. The first-order valence-electron chi connectivity index (χ1n) is 6.58. The maximum Gasteiger partial charge on any atom is 0.124 e. The van der Waals surface area contributed by atoms with Crippen LogP contribution in [0.25, 0.3) is 21.8 Å². The molecule has 3 heteroatoms. The SMILES string of the molecule is Cc1ccc(-c2nc(-c3cccc(CN)c3)cs2)cc1. The summed E-state index contributed by atoms with van der Waals surface area (Å²) in [6.07, 6.45) is 0. The molecule has 2 N–H and O–H groups in total. The maximum atomic E-state index is 5.69. The second-order valence-electron chi connectivity index (χ2n) is 4.81. The van der Waals surface area contributed by atoms with Crippen LogP contribution in [0.4, 0.5) is 0 Å². The second kappa shape index (κ2) is 5.57. The van der Waals surface area contributed by atoms with Crippen LogP contribution in [0.1, 0.15) is 11.1 Å². The van der Waals surface area contributed by atoms with Gasteiger partial charge in [-0.05, 0) is 18.6 Å². The molecule has 0 amide bonds. The van der Waals surface area contributed by atoms with Gasteiger partial charge in [-0.2, -0.15) is 0 Å². The summed E-state index contributed by atoms with van der Waals surface area (Å²) < 4.78 is 0. The van der Waals surface area contributed by atoms with E-state index in [1.165, 1.54) is 11.1 Å². The standard InChI is InChI=1S/C17H16N2S/c1-12-5-7-14(8-6-12)17-19-16(11-20-17)15-4-2-3-13(9-15)10-18/h2-9,11H,10,18H2,1H3. The van der Waals surface area contributed by atoms with Gasteiger partial charge in [0.1, 0.15) is 5.01 Å². The molecule has 0 saturated heterocycles. The minimum absolute atomic E-state index is 0.558. The van der Waals surface area contributed by atoms with Crippen LogP contribution in [0, 0.1) is 6.92 Å². The van der Waals surface area contributed by atoms with Gasteiger partial charge in [-0.15, -0.1) is 11.3 Å². The Morgan fingerprint density at radius 1 is 1.05 bits per heavy atom. The highest BCUT2D eigenvalue weighted by Gasteiger charge is 2.06. The number of benzene rings is 2. The zero-order chi connectivity index (χ0) is 13.9. The zero-order valence-corrected chi connectivity index (χ0v) is 12.2. The highest BCUT2D eigenvalue weighted by Crippen LogP contribution is 2.29. The Morgan fingerprint density at radius 3 is 2.60 bits per heavy atom. The Bertz CT molecular complexity index is 714. The Hall–Kier alpha value is -1.97. The molecule has 0 radical (unpaired) electrons. The van der Waals surface area contributed by atoms with Crippen LogP contribution in [-0.2, 0) is 6.54 Å². The lowest BCUT2D eigenvalue weighted by Crippen LogP contribution is -1.95. The lowest BCUT2D eigenvalue weighted by Gasteiger charge is -2.00. The van der Waals surface area contributed by atoms with Gasteiger partial charge in [-0.25, -0.2) is 4.98 Å². The van der Waals surface area contributed by atoms with Crippen LogP contribution in [0.5, 0.6) is 0 Å². The molecule has 0 bridgehead atoms. The number of nitrogens with zero attached hydrogens (tertiary/aromatic N) is 1. The average molecular weight is 280 g/mol. The first-order valence-corrected chi connectivity index (χ1v) is 7.46. The fraction of sp³-hybridized carbons (Fsp3) is 0.118. The predicted molar refractivity (Wildman–Crippen MR) is 85.6 cm³/mol. The minimum atomic E-state index is 0.558. The third-order valence-corrected chi connectivity index (χ3v) is 4.15. The number of aromatic nitrogens is 1. The molecular weight excluding hydrogens is 264 g/mol. The molecule has 0 aliphatic carbocycles. The van der Waals surface area contributed by atoms with Crippen molar-refractivity contribution in [3.63, 3.8) is 0 Å². The van der Waals surface area contributed by atoms with Crippen LogP contribution in [-0.4, -0.2) is 4.98 Å². The highest BCUT2D eigenvalue weighted by molar-refractivity contribution is 7.13. The monoisotopic (exact) mass is 280 g/mol. The number of rotatable bonds is 3. The fourth-order valence-electron chi connectivity index (χ4n) is 2.09. The summed E-state index contributed by atoms with van der Waals surface area (Å²) in [5, 5.41) is 3.16. The van der Waals surface area contributed by atoms with Gasteiger partial charge in [-0.3, -0.25) is 0 Å². The van der Waals surface area contributed by atoms with Crippen LogP contribution >= 0.6 is 11.3 Å². The van der Waals surface area contributed by atoms with E-state index in [1.54, 1.807) is 11.3 Å². The fourth-order valence-corrected chi connectivity index (χ4v) is 2.93. The van der Waals surface area contributed by atoms with Gasteiger partial charge in [0, 0.05) is 23.1 Å². The quantitative estimate of drug-likeness (QED) is 0.779. The van der Waals surface area contributed by atoms with E-state index in [-0.39, 0.29) is 0 Å². The Morgan fingerprint density at radius 2 is 1.85 bits per heavy atom. The molecule has 0 spiro atoms. The minimum Gasteiger partial charge on any atom is -0.326 e. The van der Waals surface area contributed by atoms with E-state index in [0.717, 1.165) is 21.8 Å². The molecule has 2 nitrogen and oxygen atoms in total. The van der Waals surface area contributed by atoms with Crippen molar-refractivity contribution in [1.29, 1.82) is 0 Å². The van der Waals surface area contributed by atoms with Gasteiger partial charge in [0.25, 0.3) is 0 Å². The lowest BCUT2D eigenvalue weighted by molar-refractivity contribution is 1.07. The summed E-state index contributed by atoms with van der Waals surface area (Å²) >= 11 is 1.67. The van der Waals surface area contributed by atoms with E-state index >= 15 is 0 Å². The molecule has 1 heterocycles. The van der Waals surface area contributed by atoms with Gasteiger partial charge in [0.05, 0.1) is 5.69 Å². The summed E-state index contributed by atoms with van der Waals surface area (Å²) in [4.78, 5) is 4.73. The van der Waals surface area contributed by atoms with Crippen LogP contribution in [0.2, 0.25) is 0 Å². The summed E-state index contributed by atoms with van der Waals surface area (Å²) in [6, 6.07) is 16.7. The molecule has 3 aromatic rings. The first kappa shape index (κ1) is 13.0. The van der Waals surface area contributed by atoms with Crippen molar-refractivity contribution in [2.24, 2.45) is 5.73 Å².